The summed E-state index contributed by atoms with van der Waals surface area (Å²) in [5.74, 6) is 0.951. The quantitative estimate of drug-likeness (QED) is 0.745. The molecule has 138 valence electrons. The molecule has 2 rings (SSSR count). The summed E-state index contributed by atoms with van der Waals surface area (Å²) in [7, 11) is 0. The zero-order chi connectivity index (χ0) is 18.2. The molecule has 0 saturated carbocycles. The summed E-state index contributed by atoms with van der Waals surface area (Å²) in [4.78, 5) is 18.7. The number of ether oxygens (including phenoxy) is 1. The van der Waals surface area contributed by atoms with Crippen LogP contribution in [-0.2, 0) is 11.3 Å². The number of anilines is 1. The Kier molecular flexibility index (Phi) is 7.25. The Balaban J connectivity index is 1.84. The van der Waals surface area contributed by atoms with E-state index < -0.39 is 0 Å². The number of aromatic nitrogens is 1. The molecule has 2 heterocycles. The molecule has 0 aromatic carbocycles. The van der Waals surface area contributed by atoms with Crippen molar-refractivity contribution in [1.29, 1.82) is 0 Å². The summed E-state index contributed by atoms with van der Waals surface area (Å²) < 4.78 is 5.75. The van der Waals surface area contributed by atoms with E-state index in [2.05, 4.69) is 40.9 Å². The second-order valence-electron chi connectivity index (χ2n) is 6.64. The van der Waals surface area contributed by atoms with Gasteiger partial charge in [0.2, 0.25) is 0 Å². The van der Waals surface area contributed by atoms with Crippen molar-refractivity contribution in [3.05, 3.63) is 36.5 Å². The zero-order valence-corrected chi connectivity index (χ0v) is 15.5. The first-order chi connectivity index (χ1) is 12.0. The van der Waals surface area contributed by atoms with Gasteiger partial charge in [-0.2, -0.15) is 0 Å². The van der Waals surface area contributed by atoms with Crippen LogP contribution >= 0.6 is 0 Å². The molecule has 6 nitrogen and oxygen atoms in total. The summed E-state index contributed by atoms with van der Waals surface area (Å²) in [5, 5.41) is 5.82. The molecule has 2 amide bonds. The van der Waals surface area contributed by atoms with E-state index in [1.54, 1.807) is 0 Å². The van der Waals surface area contributed by atoms with E-state index in [1.165, 1.54) is 0 Å². The van der Waals surface area contributed by atoms with Crippen molar-refractivity contribution in [2.45, 2.75) is 58.4 Å². The van der Waals surface area contributed by atoms with Crippen LogP contribution in [0.1, 0.15) is 39.2 Å². The third kappa shape index (κ3) is 6.05. The van der Waals surface area contributed by atoms with Gasteiger partial charge < -0.3 is 20.3 Å². The first-order valence-corrected chi connectivity index (χ1v) is 9.02. The van der Waals surface area contributed by atoms with Crippen LogP contribution in [-0.4, -0.2) is 42.4 Å². The summed E-state index contributed by atoms with van der Waals surface area (Å²) in [6, 6.07) is 3.98. The van der Waals surface area contributed by atoms with E-state index >= 15 is 0 Å². The molecule has 3 atom stereocenters. The van der Waals surface area contributed by atoms with Crippen molar-refractivity contribution in [3.8, 4) is 0 Å². The van der Waals surface area contributed by atoms with Crippen LogP contribution in [0.15, 0.2) is 31.0 Å². The monoisotopic (exact) mass is 346 g/mol. The largest absolute Gasteiger partial charge is 0.372 e. The summed E-state index contributed by atoms with van der Waals surface area (Å²) in [6.45, 7) is 12.1. The molecule has 25 heavy (non-hydrogen) atoms. The maximum Gasteiger partial charge on any atom is 0.315 e. The minimum absolute atomic E-state index is 0.128. The Labute approximate surface area is 150 Å². The van der Waals surface area contributed by atoms with Crippen molar-refractivity contribution < 1.29 is 9.53 Å². The minimum atomic E-state index is -0.159. The van der Waals surface area contributed by atoms with Gasteiger partial charge in [-0.3, -0.25) is 0 Å². The number of carbonyl (C=O) groups excluding carboxylic acids is 1. The number of carbonyl (C=O) groups is 1. The lowest BCUT2D eigenvalue weighted by Crippen LogP contribution is -2.45. The lowest BCUT2D eigenvalue weighted by Gasteiger charge is -2.36. The fourth-order valence-electron chi connectivity index (χ4n) is 3.02. The number of rotatable bonds is 7. The van der Waals surface area contributed by atoms with Crippen molar-refractivity contribution in [2.24, 2.45) is 0 Å². The van der Waals surface area contributed by atoms with Gasteiger partial charge in [-0.1, -0.05) is 19.1 Å². The van der Waals surface area contributed by atoms with Crippen LogP contribution < -0.4 is 15.5 Å². The van der Waals surface area contributed by atoms with Gasteiger partial charge in [0.1, 0.15) is 5.82 Å². The van der Waals surface area contributed by atoms with Gasteiger partial charge in [0.05, 0.1) is 12.2 Å². The highest BCUT2D eigenvalue weighted by Gasteiger charge is 2.22. The number of urea groups is 1. The molecular weight excluding hydrogens is 316 g/mol. The first-order valence-electron chi connectivity index (χ1n) is 9.02. The Morgan fingerprint density at radius 1 is 1.44 bits per heavy atom. The van der Waals surface area contributed by atoms with Gasteiger partial charge in [0.15, 0.2) is 0 Å². The lowest BCUT2D eigenvalue weighted by atomic mass is 10.1. The van der Waals surface area contributed by atoms with Crippen LogP contribution in [0.2, 0.25) is 0 Å². The van der Waals surface area contributed by atoms with E-state index in [1.807, 2.05) is 31.3 Å². The average Bonchev–Trinajstić information content (AvgIpc) is 2.59. The standard InChI is InChI=1S/C19H30N4O2/c1-5-7-17(6-2)22-19(24)21-11-16-8-9-18(20-10-16)23-12-14(3)25-15(4)13-23/h5,8-10,14-15,17H,1,6-7,11-13H2,2-4H3,(H2,21,22,24)/t14-,15-,17-/m0/s1. The predicted molar refractivity (Wildman–Crippen MR) is 101 cm³/mol. The number of hydrogen-bond donors (Lipinski definition) is 2. The van der Waals surface area contributed by atoms with E-state index in [0.717, 1.165) is 37.3 Å². The smallest absolute Gasteiger partial charge is 0.315 e. The van der Waals surface area contributed by atoms with Crippen molar-refractivity contribution >= 4 is 11.8 Å². The number of amides is 2. The van der Waals surface area contributed by atoms with Gasteiger partial charge in [-0.25, -0.2) is 9.78 Å². The summed E-state index contributed by atoms with van der Waals surface area (Å²) >= 11 is 0. The molecule has 1 aromatic rings. The normalized spacial score (nSPS) is 21.5. The number of morpholine rings is 1. The van der Waals surface area contributed by atoms with Gasteiger partial charge >= 0.3 is 6.03 Å². The molecule has 1 aromatic heterocycles. The van der Waals surface area contributed by atoms with Crippen LogP contribution in [0.3, 0.4) is 0 Å². The number of nitrogens with one attached hydrogen (secondary N) is 2. The van der Waals surface area contributed by atoms with E-state index in [9.17, 15) is 4.79 Å². The van der Waals surface area contributed by atoms with E-state index in [-0.39, 0.29) is 24.3 Å². The topological polar surface area (TPSA) is 66.5 Å². The van der Waals surface area contributed by atoms with Gasteiger partial charge in [0.25, 0.3) is 0 Å². The highest BCUT2D eigenvalue weighted by molar-refractivity contribution is 5.74. The third-order valence-corrected chi connectivity index (χ3v) is 4.28. The highest BCUT2D eigenvalue weighted by Crippen LogP contribution is 2.18. The summed E-state index contributed by atoms with van der Waals surface area (Å²) in [5.41, 5.74) is 0.977. The molecule has 1 fully saturated rings. The lowest BCUT2D eigenvalue weighted by molar-refractivity contribution is -0.00546. The van der Waals surface area contributed by atoms with Crippen molar-refractivity contribution in [1.82, 2.24) is 15.6 Å². The molecule has 1 aliphatic rings. The molecule has 0 radical (unpaired) electrons. The maximum absolute atomic E-state index is 11.9. The molecule has 0 aliphatic carbocycles. The van der Waals surface area contributed by atoms with Gasteiger partial charge in [-0.05, 0) is 38.3 Å². The number of nitrogens with zero attached hydrogens (tertiary/aromatic N) is 2. The minimum Gasteiger partial charge on any atom is -0.372 e. The molecular formula is C19H30N4O2. The molecule has 2 N–H and O–H groups in total. The third-order valence-electron chi connectivity index (χ3n) is 4.28. The van der Waals surface area contributed by atoms with Crippen LogP contribution in [0.4, 0.5) is 10.6 Å². The van der Waals surface area contributed by atoms with Crippen LogP contribution in [0, 0.1) is 0 Å². The highest BCUT2D eigenvalue weighted by atomic mass is 16.5. The van der Waals surface area contributed by atoms with Gasteiger partial charge in [0, 0.05) is 31.9 Å². The Hall–Kier alpha value is -2.08. The Bertz CT molecular complexity index is 551. The molecule has 0 spiro atoms. The van der Waals surface area contributed by atoms with E-state index in [0.29, 0.717) is 6.54 Å². The molecule has 1 aliphatic heterocycles. The molecule has 0 unspecified atom stereocenters. The predicted octanol–water partition coefficient (Wildman–Crippen LogP) is 2.85. The van der Waals surface area contributed by atoms with Crippen LogP contribution in [0.25, 0.3) is 0 Å². The first kappa shape index (κ1) is 19.2. The summed E-state index contributed by atoms with van der Waals surface area (Å²) in [6.07, 6.45) is 5.71. The Morgan fingerprint density at radius 2 is 2.16 bits per heavy atom. The molecule has 6 heteroatoms. The average molecular weight is 346 g/mol. The van der Waals surface area contributed by atoms with Crippen LogP contribution in [0.5, 0.6) is 0 Å². The Morgan fingerprint density at radius 3 is 2.72 bits per heavy atom. The molecule has 0 bridgehead atoms. The second-order valence-corrected chi connectivity index (χ2v) is 6.64. The SMILES string of the molecule is C=CC[C@H](CC)NC(=O)NCc1ccc(N2C[C@H](C)O[C@@H](C)C2)nc1. The maximum atomic E-state index is 11.9. The van der Waals surface area contributed by atoms with E-state index in [4.69, 9.17) is 4.74 Å². The van der Waals surface area contributed by atoms with Gasteiger partial charge in [-0.15, -0.1) is 6.58 Å². The van der Waals surface area contributed by atoms with Crippen molar-refractivity contribution in [2.75, 3.05) is 18.0 Å². The fourth-order valence-corrected chi connectivity index (χ4v) is 3.02. The fraction of sp³-hybridized carbons (Fsp3) is 0.579. The second kappa shape index (κ2) is 9.42. The number of pyridine rings is 1. The zero-order valence-electron chi connectivity index (χ0n) is 15.5. The number of hydrogen-bond acceptors (Lipinski definition) is 4. The molecule has 1 saturated heterocycles. The van der Waals surface area contributed by atoms with Crippen molar-refractivity contribution in [3.63, 3.8) is 0 Å².